The zero-order valence-corrected chi connectivity index (χ0v) is 11.3. The number of hydrogen-bond acceptors (Lipinski definition) is 3. The summed E-state index contributed by atoms with van der Waals surface area (Å²) in [6.07, 6.45) is 3.82. The molecule has 17 heavy (non-hydrogen) atoms. The van der Waals surface area contributed by atoms with Crippen LogP contribution in [0.5, 0.6) is 0 Å². The molecule has 2 atom stereocenters. The molecule has 5 heteroatoms. The van der Waals surface area contributed by atoms with Crippen molar-refractivity contribution in [1.82, 2.24) is 14.8 Å². The van der Waals surface area contributed by atoms with Crippen LogP contribution < -0.4 is 4.90 Å². The standard InChI is InChI=1S/C12H20N4S/c1-8-5-9(2)7-15(6-8)11-13-14-12(17)16(11)10-3-4-10/h8-10H,3-7H2,1-2H3,(H,14,17). The molecular formula is C12H20N4S. The van der Waals surface area contributed by atoms with E-state index in [0.717, 1.165) is 35.6 Å². The van der Waals surface area contributed by atoms with Crippen molar-refractivity contribution in [2.24, 2.45) is 11.8 Å². The first-order chi connectivity index (χ1) is 8.15. The average Bonchev–Trinajstić information content (AvgIpc) is 3.01. The van der Waals surface area contributed by atoms with Gasteiger partial charge in [-0.15, -0.1) is 5.10 Å². The number of anilines is 1. The first kappa shape index (κ1) is 11.3. The summed E-state index contributed by atoms with van der Waals surface area (Å²) in [6, 6.07) is 0.601. The Kier molecular flexibility index (Phi) is 2.73. The van der Waals surface area contributed by atoms with Crippen molar-refractivity contribution in [2.45, 2.75) is 39.2 Å². The quantitative estimate of drug-likeness (QED) is 0.822. The third-order valence-electron chi connectivity index (χ3n) is 3.75. The van der Waals surface area contributed by atoms with Crippen LogP contribution in [0.15, 0.2) is 0 Å². The molecule has 2 heterocycles. The van der Waals surface area contributed by atoms with Crippen molar-refractivity contribution >= 4 is 18.2 Å². The Balaban J connectivity index is 1.90. The van der Waals surface area contributed by atoms with Gasteiger partial charge in [-0.25, -0.2) is 5.10 Å². The van der Waals surface area contributed by atoms with Crippen molar-refractivity contribution in [3.8, 4) is 0 Å². The maximum absolute atomic E-state index is 5.34. The highest BCUT2D eigenvalue weighted by molar-refractivity contribution is 7.71. The number of nitrogens with one attached hydrogen (secondary N) is 1. The van der Waals surface area contributed by atoms with E-state index in [1.165, 1.54) is 19.3 Å². The number of aromatic amines is 1. The molecular weight excluding hydrogens is 232 g/mol. The molecule has 0 amide bonds. The van der Waals surface area contributed by atoms with Crippen molar-refractivity contribution in [1.29, 1.82) is 0 Å². The Bertz CT molecular complexity index is 449. The summed E-state index contributed by atoms with van der Waals surface area (Å²) < 4.78 is 3.01. The van der Waals surface area contributed by atoms with Gasteiger partial charge in [0.15, 0.2) is 4.77 Å². The van der Waals surface area contributed by atoms with Gasteiger partial charge in [-0.3, -0.25) is 4.57 Å². The summed E-state index contributed by atoms with van der Waals surface area (Å²) in [5, 5.41) is 7.40. The van der Waals surface area contributed by atoms with Crippen LogP contribution in [-0.4, -0.2) is 27.9 Å². The molecule has 1 saturated carbocycles. The molecule has 1 aliphatic heterocycles. The van der Waals surface area contributed by atoms with Gasteiger partial charge in [0.2, 0.25) is 5.95 Å². The summed E-state index contributed by atoms with van der Waals surface area (Å²) in [5.74, 6) is 2.56. The third-order valence-corrected chi connectivity index (χ3v) is 4.04. The van der Waals surface area contributed by atoms with E-state index in [0.29, 0.717) is 6.04 Å². The lowest BCUT2D eigenvalue weighted by atomic mass is 9.92. The van der Waals surface area contributed by atoms with Crippen molar-refractivity contribution < 1.29 is 0 Å². The topological polar surface area (TPSA) is 36.9 Å². The number of nitrogens with zero attached hydrogens (tertiary/aromatic N) is 3. The van der Waals surface area contributed by atoms with Gasteiger partial charge in [-0.05, 0) is 43.3 Å². The lowest BCUT2D eigenvalue weighted by Crippen LogP contribution is -2.40. The zero-order valence-electron chi connectivity index (χ0n) is 10.5. The second-order valence-corrected chi connectivity index (χ2v) is 6.17. The van der Waals surface area contributed by atoms with Crippen molar-refractivity contribution in [2.75, 3.05) is 18.0 Å². The van der Waals surface area contributed by atoms with Gasteiger partial charge < -0.3 is 4.90 Å². The Labute approximate surface area is 107 Å². The Morgan fingerprint density at radius 1 is 1.24 bits per heavy atom. The van der Waals surface area contributed by atoms with Crippen LogP contribution >= 0.6 is 12.2 Å². The van der Waals surface area contributed by atoms with E-state index in [2.05, 4.69) is 33.5 Å². The van der Waals surface area contributed by atoms with Gasteiger partial charge in [0.25, 0.3) is 0 Å². The van der Waals surface area contributed by atoms with E-state index in [9.17, 15) is 0 Å². The average molecular weight is 252 g/mol. The molecule has 4 nitrogen and oxygen atoms in total. The minimum Gasteiger partial charge on any atom is -0.340 e. The van der Waals surface area contributed by atoms with Crippen LogP contribution in [0.2, 0.25) is 0 Å². The SMILES string of the molecule is CC1CC(C)CN(c2n[nH]c(=S)n2C2CC2)C1. The number of hydrogen-bond donors (Lipinski definition) is 1. The van der Waals surface area contributed by atoms with Gasteiger partial charge in [0.05, 0.1) is 0 Å². The molecule has 1 aromatic heterocycles. The maximum atomic E-state index is 5.34. The van der Waals surface area contributed by atoms with Crippen LogP contribution in [0.1, 0.15) is 39.2 Å². The molecule has 1 saturated heterocycles. The third kappa shape index (κ3) is 2.12. The summed E-state index contributed by atoms with van der Waals surface area (Å²) in [7, 11) is 0. The van der Waals surface area contributed by atoms with E-state index in [1.807, 2.05) is 0 Å². The fourth-order valence-corrected chi connectivity index (χ4v) is 3.28. The fourth-order valence-electron chi connectivity index (χ4n) is 3.01. The summed E-state index contributed by atoms with van der Waals surface area (Å²) >= 11 is 5.34. The zero-order chi connectivity index (χ0) is 12.0. The summed E-state index contributed by atoms with van der Waals surface area (Å²) in [5.41, 5.74) is 0. The highest BCUT2D eigenvalue weighted by atomic mass is 32.1. The van der Waals surface area contributed by atoms with Crippen LogP contribution in [0, 0.1) is 16.6 Å². The first-order valence-electron chi connectivity index (χ1n) is 6.57. The lowest BCUT2D eigenvalue weighted by molar-refractivity contribution is 0.351. The minimum atomic E-state index is 0.601. The molecule has 94 valence electrons. The fraction of sp³-hybridized carbons (Fsp3) is 0.833. The molecule has 1 aliphatic carbocycles. The van der Waals surface area contributed by atoms with Crippen LogP contribution in [0.25, 0.3) is 0 Å². The highest BCUT2D eigenvalue weighted by Gasteiger charge is 2.31. The Hall–Kier alpha value is -0.840. The van der Waals surface area contributed by atoms with Crippen LogP contribution in [0.4, 0.5) is 5.95 Å². The Morgan fingerprint density at radius 2 is 1.88 bits per heavy atom. The van der Waals surface area contributed by atoms with Crippen molar-refractivity contribution in [3.63, 3.8) is 0 Å². The number of piperidine rings is 1. The molecule has 1 aromatic rings. The van der Waals surface area contributed by atoms with E-state index in [-0.39, 0.29) is 0 Å². The van der Waals surface area contributed by atoms with Crippen LogP contribution in [-0.2, 0) is 0 Å². The molecule has 0 aromatic carbocycles. The van der Waals surface area contributed by atoms with Crippen LogP contribution in [0.3, 0.4) is 0 Å². The van der Waals surface area contributed by atoms with Gasteiger partial charge in [0.1, 0.15) is 0 Å². The number of rotatable bonds is 2. The predicted octanol–water partition coefficient (Wildman–Crippen LogP) is 2.76. The molecule has 2 fully saturated rings. The molecule has 1 N–H and O–H groups in total. The van der Waals surface area contributed by atoms with E-state index in [4.69, 9.17) is 12.2 Å². The smallest absolute Gasteiger partial charge is 0.225 e. The second-order valence-electron chi connectivity index (χ2n) is 5.78. The maximum Gasteiger partial charge on any atom is 0.225 e. The molecule has 0 bridgehead atoms. The molecule has 2 unspecified atom stereocenters. The monoisotopic (exact) mass is 252 g/mol. The van der Waals surface area contributed by atoms with E-state index < -0.39 is 0 Å². The van der Waals surface area contributed by atoms with Gasteiger partial charge in [0, 0.05) is 19.1 Å². The normalized spacial score (nSPS) is 29.6. The number of aromatic nitrogens is 3. The second kappa shape index (κ2) is 4.12. The van der Waals surface area contributed by atoms with E-state index in [1.54, 1.807) is 0 Å². The minimum absolute atomic E-state index is 0.601. The highest BCUT2D eigenvalue weighted by Crippen LogP contribution is 2.38. The molecule has 2 aliphatic rings. The van der Waals surface area contributed by atoms with Crippen molar-refractivity contribution in [3.05, 3.63) is 4.77 Å². The number of H-pyrrole nitrogens is 1. The lowest BCUT2D eigenvalue weighted by Gasteiger charge is -2.35. The van der Waals surface area contributed by atoms with E-state index >= 15 is 0 Å². The first-order valence-corrected chi connectivity index (χ1v) is 6.98. The van der Waals surface area contributed by atoms with Gasteiger partial charge in [-0.2, -0.15) is 0 Å². The Morgan fingerprint density at radius 3 is 2.47 bits per heavy atom. The molecule has 0 radical (unpaired) electrons. The summed E-state index contributed by atoms with van der Waals surface area (Å²) in [6.45, 7) is 6.87. The predicted molar refractivity (Wildman–Crippen MR) is 70.8 cm³/mol. The molecule has 0 spiro atoms. The van der Waals surface area contributed by atoms with Gasteiger partial charge in [-0.1, -0.05) is 13.8 Å². The largest absolute Gasteiger partial charge is 0.340 e. The summed E-state index contributed by atoms with van der Waals surface area (Å²) in [4.78, 5) is 2.41. The van der Waals surface area contributed by atoms with Gasteiger partial charge >= 0.3 is 0 Å². The molecule has 3 rings (SSSR count).